The first-order chi connectivity index (χ1) is 9.82. The fourth-order valence-corrected chi connectivity index (χ4v) is 2.68. The minimum absolute atomic E-state index is 0.0730. The summed E-state index contributed by atoms with van der Waals surface area (Å²) >= 11 is 6.30. The molecule has 0 N–H and O–H groups in total. The molecule has 0 radical (unpaired) electrons. The normalized spacial score (nSPS) is 12.9. The van der Waals surface area contributed by atoms with Crippen molar-refractivity contribution in [1.29, 1.82) is 0 Å². The summed E-state index contributed by atoms with van der Waals surface area (Å²) in [4.78, 5) is 15.6. The zero-order chi connectivity index (χ0) is 15.7. The molecule has 5 nitrogen and oxygen atoms in total. The molecule has 0 bridgehead atoms. The highest BCUT2D eigenvalue weighted by atomic mass is 35.5. The molecule has 1 aromatic carbocycles. The van der Waals surface area contributed by atoms with Gasteiger partial charge in [-0.2, -0.15) is 5.10 Å². The maximum Gasteiger partial charge on any atom is 0.239 e. The average molecular weight is 309 g/mol. The van der Waals surface area contributed by atoms with E-state index in [4.69, 9.17) is 11.6 Å². The molecule has 6 heteroatoms. The number of fused-ring (bicyclic) bond motifs is 1. The summed E-state index contributed by atoms with van der Waals surface area (Å²) in [6.07, 6.45) is 0. The van der Waals surface area contributed by atoms with E-state index in [9.17, 15) is 4.79 Å². The van der Waals surface area contributed by atoms with Crippen molar-refractivity contribution in [3.8, 4) is 0 Å². The largest absolute Gasteiger partial charge is 0.347 e. The van der Waals surface area contributed by atoms with Gasteiger partial charge in [-0.25, -0.2) is 0 Å². The van der Waals surface area contributed by atoms with Crippen molar-refractivity contribution >= 4 is 28.4 Å². The van der Waals surface area contributed by atoms with E-state index in [1.54, 1.807) is 19.0 Å². The van der Waals surface area contributed by atoms with Crippen LogP contribution >= 0.6 is 11.6 Å². The third-order valence-electron chi connectivity index (χ3n) is 3.76. The zero-order valence-electron chi connectivity index (χ0n) is 13.1. The number of amides is 1. The first kappa shape index (κ1) is 15.8. The quantitative estimate of drug-likeness (QED) is 0.869. The molecule has 2 rings (SSSR count). The molecule has 1 amide bonds. The highest BCUT2D eigenvalue weighted by Gasteiger charge is 2.22. The van der Waals surface area contributed by atoms with Crippen LogP contribution in [0.4, 0.5) is 0 Å². The molecule has 114 valence electrons. The average Bonchev–Trinajstić information content (AvgIpc) is 2.75. The van der Waals surface area contributed by atoms with Gasteiger partial charge in [0, 0.05) is 33.1 Å². The number of benzene rings is 1. The molecular formula is C15H21ClN4O. The first-order valence-electron chi connectivity index (χ1n) is 6.84. The second-order valence-corrected chi connectivity index (χ2v) is 5.94. The number of nitrogens with zero attached hydrogens (tertiary/aromatic N) is 4. The number of rotatable bonds is 4. The van der Waals surface area contributed by atoms with E-state index in [2.05, 4.69) is 5.10 Å². The maximum absolute atomic E-state index is 12.0. The smallest absolute Gasteiger partial charge is 0.239 e. The van der Waals surface area contributed by atoms with Crippen LogP contribution in [-0.2, 0) is 18.4 Å². The van der Waals surface area contributed by atoms with Gasteiger partial charge in [-0.15, -0.1) is 0 Å². The molecule has 0 aliphatic heterocycles. The number of aromatic nitrogens is 2. The Morgan fingerprint density at radius 2 is 2.05 bits per heavy atom. The SMILES string of the molecule is C[C@H](C(=O)N(C)C)N(C)Cc1nn(C)c2cccc(Cl)c12. The van der Waals surface area contributed by atoms with Gasteiger partial charge < -0.3 is 4.90 Å². The maximum atomic E-state index is 12.0. The molecule has 1 aromatic heterocycles. The summed E-state index contributed by atoms with van der Waals surface area (Å²) in [7, 11) is 7.35. The van der Waals surface area contributed by atoms with Gasteiger partial charge in [0.05, 0.1) is 22.3 Å². The summed E-state index contributed by atoms with van der Waals surface area (Å²) in [6.45, 7) is 2.47. The van der Waals surface area contributed by atoms with E-state index in [0.717, 1.165) is 16.6 Å². The minimum Gasteiger partial charge on any atom is -0.347 e. The monoisotopic (exact) mass is 308 g/mol. The molecule has 21 heavy (non-hydrogen) atoms. The summed E-state index contributed by atoms with van der Waals surface area (Å²) in [5.41, 5.74) is 1.89. The Morgan fingerprint density at radius 1 is 1.38 bits per heavy atom. The number of hydrogen-bond acceptors (Lipinski definition) is 3. The summed E-state index contributed by atoms with van der Waals surface area (Å²) < 4.78 is 1.82. The Morgan fingerprint density at radius 3 is 2.67 bits per heavy atom. The fraction of sp³-hybridized carbons (Fsp3) is 0.467. The number of hydrogen-bond donors (Lipinski definition) is 0. The topological polar surface area (TPSA) is 41.4 Å². The van der Waals surface area contributed by atoms with E-state index in [1.165, 1.54) is 0 Å². The van der Waals surface area contributed by atoms with E-state index in [0.29, 0.717) is 11.6 Å². The second-order valence-electron chi connectivity index (χ2n) is 5.53. The minimum atomic E-state index is -0.209. The number of carbonyl (C=O) groups excluding carboxylic acids is 1. The van der Waals surface area contributed by atoms with Crippen molar-refractivity contribution in [2.75, 3.05) is 21.1 Å². The van der Waals surface area contributed by atoms with Crippen LogP contribution < -0.4 is 0 Å². The van der Waals surface area contributed by atoms with Gasteiger partial charge in [-0.1, -0.05) is 17.7 Å². The van der Waals surface area contributed by atoms with E-state index in [1.807, 2.05) is 48.8 Å². The van der Waals surface area contributed by atoms with E-state index in [-0.39, 0.29) is 11.9 Å². The van der Waals surface area contributed by atoms with Crippen molar-refractivity contribution in [2.24, 2.45) is 7.05 Å². The molecule has 0 fully saturated rings. The Balaban J connectivity index is 2.30. The van der Waals surface area contributed by atoms with Gasteiger partial charge in [0.1, 0.15) is 0 Å². The molecule has 1 heterocycles. The lowest BCUT2D eigenvalue weighted by Crippen LogP contribution is -2.42. The highest BCUT2D eigenvalue weighted by molar-refractivity contribution is 6.35. The highest BCUT2D eigenvalue weighted by Crippen LogP contribution is 2.27. The van der Waals surface area contributed by atoms with Gasteiger partial charge >= 0.3 is 0 Å². The third-order valence-corrected chi connectivity index (χ3v) is 4.07. The Hall–Kier alpha value is -1.59. The lowest BCUT2D eigenvalue weighted by molar-refractivity contribution is -0.133. The van der Waals surface area contributed by atoms with Crippen molar-refractivity contribution in [3.63, 3.8) is 0 Å². The molecule has 0 saturated heterocycles. The number of carbonyl (C=O) groups is 1. The van der Waals surface area contributed by atoms with Gasteiger partial charge in [0.2, 0.25) is 5.91 Å². The Kier molecular flexibility index (Phi) is 4.54. The lowest BCUT2D eigenvalue weighted by Gasteiger charge is -2.25. The van der Waals surface area contributed by atoms with Gasteiger partial charge in [0.25, 0.3) is 0 Å². The van der Waals surface area contributed by atoms with Crippen LogP contribution in [0.25, 0.3) is 10.9 Å². The molecule has 0 spiro atoms. The van der Waals surface area contributed by atoms with Crippen LogP contribution in [0, 0.1) is 0 Å². The van der Waals surface area contributed by atoms with Gasteiger partial charge in [0.15, 0.2) is 0 Å². The summed E-state index contributed by atoms with van der Waals surface area (Å²) in [5, 5.41) is 6.19. The fourth-order valence-electron chi connectivity index (χ4n) is 2.40. The number of likely N-dealkylation sites (N-methyl/N-ethyl adjacent to an activating group) is 2. The standard InChI is InChI=1S/C15H21ClN4O/c1-10(15(21)18(2)3)19(4)9-12-14-11(16)7-6-8-13(14)20(5)17-12/h6-8,10H,9H2,1-5H3/t10-/m1/s1. The Bertz CT molecular complexity index is 665. The molecular weight excluding hydrogens is 288 g/mol. The summed E-state index contributed by atoms with van der Waals surface area (Å²) in [6, 6.07) is 5.56. The zero-order valence-corrected chi connectivity index (χ0v) is 13.8. The predicted octanol–water partition coefficient (Wildman–Crippen LogP) is 2.14. The number of halogens is 1. The van der Waals surface area contributed by atoms with Crippen LogP contribution in [0.15, 0.2) is 18.2 Å². The lowest BCUT2D eigenvalue weighted by atomic mass is 10.2. The van der Waals surface area contributed by atoms with Gasteiger partial charge in [-0.3, -0.25) is 14.4 Å². The first-order valence-corrected chi connectivity index (χ1v) is 7.22. The van der Waals surface area contributed by atoms with Crippen LogP contribution in [0.2, 0.25) is 5.02 Å². The van der Waals surface area contributed by atoms with Crippen LogP contribution in [0.5, 0.6) is 0 Å². The van der Waals surface area contributed by atoms with Crippen molar-refractivity contribution < 1.29 is 4.79 Å². The molecule has 0 aliphatic carbocycles. The predicted molar refractivity (Wildman–Crippen MR) is 85.3 cm³/mol. The molecule has 0 unspecified atom stereocenters. The van der Waals surface area contributed by atoms with Crippen molar-refractivity contribution in [1.82, 2.24) is 19.6 Å². The van der Waals surface area contributed by atoms with Crippen LogP contribution in [0.3, 0.4) is 0 Å². The molecule has 2 aromatic rings. The third kappa shape index (κ3) is 3.04. The molecule has 0 aliphatic rings. The molecule has 0 saturated carbocycles. The van der Waals surface area contributed by atoms with Crippen molar-refractivity contribution in [3.05, 3.63) is 28.9 Å². The Labute approximate surface area is 130 Å². The second kappa shape index (κ2) is 6.03. The van der Waals surface area contributed by atoms with E-state index >= 15 is 0 Å². The van der Waals surface area contributed by atoms with Crippen molar-refractivity contribution in [2.45, 2.75) is 19.5 Å². The summed E-state index contributed by atoms with van der Waals surface area (Å²) in [5.74, 6) is 0.0730. The van der Waals surface area contributed by atoms with E-state index < -0.39 is 0 Å². The van der Waals surface area contributed by atoms with Crippen LogP contribution in [-0.4, -0.2) is 52.7 Å². The number of aryl methyl sites for hydroxylation is 1. The molecule has 1 atom stereocenters. The van der Waals surface area contributed by atoms with Crippen LogP contribution in [0.1, 0.15) is 12.6 Å². The van der Waals surface area contributed by atoms with Gasteiger partial charge in [-0.05, 0) is 26.1 Å².